The Kier molecular flexibility index (Phi) is 7.34. The van der Waals surface area contributed by atoms with Gasteiger partial charge in [0.15, 0.2) is 6.61 Å². The van der Waals surface area contributed by atoms with Crippen molar-refractivity contribution in [3.05, 3.63) is 69.8 Å². The number of nitro benzene ring substituents is 1. The summed E-state index contributed by atoms with van der Waals surface area (Å²) in [6.45, 7) is 0.984. The zero-order chi connectivity index (χ0) is 21.3. The van der Waals surface area contributed by atoms with Gasteiger partial charge in [-0.2, -0.15) is 0 Å². The van der Waals surface area contributed by atoms with Crippen LogP contribution in [-0.2, 0) is 20.8 Å². The number of hydrogen-bond donors (Lipinski definition) is 2. The molecule has 9 heteroatoms. The molecule has 0 radical (unpaired) electrons. The van der Waals surface area contributed by atoms with Gasteiger partial charge < -0.3 is 20.1 Å². The quantitative estimate of drug-likeness (QED) is 0.368. The topological polar surface area (TPSA) is 120 Å². The zero-order valence-corrected chi connectivity index (χ0v) is 16.3. The Morgan fingerprint density at radius 2 is 2.00 bits per heavy atom. The van der Waals surface area contributed by atoms with Crippen molar-refractivity contribution >= 4 is 23.3 Å². The number of ether oxygens (including phenoxy) is 2. The molecule has 3 rings (SSSR count). The van der Waals surface area contributed by atoms with Crippen molar-refractivity contribution in [2.75, 3.05) is 25.1 Å². The van der Waals surface area contributed by atoms with Gasteiger partial charge in [-0.05, 0) is 30.5 Å². The van der Waals surface area contributed by atoms with E-state index in [9.17, 15) is 19.7 Å². The standard InChI is InChI=1S/C21H23N3O6/c25-20(23-13-17-7-4-10-29-17)14-30-21(26)16-8-9-18(19(11-16)24(27)28)22-12-15-5-2-1-3-6-15/h1-3,5-6,8-9,11,17,22H,4,7,10,12-14H2,(H,23,25)/t17-/m0/s1. The largest absolute Gasteiger partial charge is 0.452 e. The fourth-order valence-electron chi connectivity index (χ4n) is 3.05. The highest BCUT2D eigenvalue weighted by Crippen LogP contribution is 2.26. The number of anilines is 1. The predicted octanol–water partition coefficient (Wildman–Crippen LogP) is 2.66. The zero-order valence-electron chi connectivity index (χ0n) is 16.3. The Balaban J connectivity index is 1.55. The molecule has 1 amide bonds. The molecule has 2 N–H and O–H groups in total. The third-order valence-corrected chi connectivity index (χ3v) is 4.64. The van der Waals surface area contributed by atoms with Gasteiger partial charge in [0.2, 0.25) is 0 Å². The maximum absolute atomic E-state index is 12.2. The number of hydrogen-bond acceptors (Lipinski definition) is 7. The molecule has 1 saturated heterocycles. The SMILES string of the molecule is O=C(COC(=O)c1ccc(NCc2ccccc2)c([N+](=O)[O-])c1)NC[C@@H]1CCCO1. The highest BCUT2D eigenvalue weighted by atomic mass is 16.6. The van der Waals surface area contributed by atoms with E-state index in [-0.39, 0.29) is 23.0 Å². The third-order valence-electron chi connectivity index (χ3n) is 4.64. The van der Waals surface area contributed by atoms with E-state index in [0.717, 1.165) is 24.5 Å². The van der Waals surface area contributed by atoms with Gasteiger partial charge in [-0.1, -0.05) is 30.3 Å². The predicted molar refractivity (Wildman–Crippen MR) is 109 cm³/mol. The summed E-state index contributed by atoms with van der Waals surface area (Å²) in [5.41, 5.74) is 1.00. The Morgan fingerprint density at radius 3 is 2.70 bits per heavy atom. The van der Waals surface area contributed by atoms with Crippen LogP contribution >= 0.6 is 0 Å². The summed E-state index contributed by atoms with van der Waals surface area (Å²) in [6, 6.07) is 13.4. The molecule has 0 saturated carbocycles. The number of benzene rings is 2. The summed E-state index contributed by atoms with van der Waals surface area (Å²) in [7, 11) is 0. The fraction of sp³-hybridized carbons (Fsp3) is 0.333. The van der Waals surface area contributed by atoms with Gasteiger partial charge in [-0.25, -0.2) is 4.79 Å². The van der Waals surface area contributed by atoms with E-state index in [1.54, 1.807) is 0 Å². The molecule has 0 unspecified atom stereocenters. The molecule has 158 valence electrons. The van der Waals surface area contributed by atoms with Crippen LogP contribution in [0.4, 0.5) is 11.4 Å². The Morgan fingerprint density at radius 1 is 1.20 bits per heavy atom. The second-order valence-electron chi connectivity index (χ2n) is 6.84. The van der Waals surface area contributed by atoms with Gasteiger partial charge in [0.05, 0.1) is 16.6 Å². The lowest BCUT2D eigenvalue weighted by Gasteiger charge is -2.11. The lowest BCUT2D eigenvalue weighted by molar-refractivity contribution is -0.384. The van der Waals surface area contributed by atoms with Crippen LogP contribution < -0.4 is 10.6 Å². The maximum Gasteiger partial charge on any atom is 0.338 e. The molecule has 1 aliphatic rings. The first-order valence-corrected chi connectivity index (χ1v) is 9.64. The molecule has 30 heavy (non-hydrogen) atoms. The number of nitrogens with zero attached hydrogens (tertiary/aromatic N) is 1. The number of amides is 1. The van der Waals surface area contributed by atoms with E-state index in [4.69, 9.17) is 9.47 Å². The van der Waals surface area contributed by atoms with Crippen LogP contribution in [0.25, 0.3) is 0 Å². The van der Waals surface area contributed by atoms with Gasteiger partial charge >= 0.3 is 5.97 Å². The minimum Gasteiger partial charge on any atom is -0.452 e. The monoisotopic (exact) mass is 413 g/mol. The van der Waals surface area contributed by atoms with E-state index in [2.05, 4.69) is 10.6 Å². The van der Waals surface area contributed by atoms with E-state index >= 15 is 0 Å². The fourth-order valence-corrected chi connectivity index (χ4v) is 3.05. The van der Waals surface area contributed by atoms with Crippen LogP contribution in [0.3, 0.4) is 0 Å². The molecule has 0 bridgehead atoms. The van der Waals surface area contributed by atoms with Crippen molar-refractivity contribution in [1.82, 2.24) is 5.32 Å². The highest BCUT2D eigenvalue weighted by Gasteiger charge is 2.20. The van der Waals surface area contributed by atoms with Crippen molar-refractivity contribution in [3.8, 4) is 0 Å². The van der Waals surface area contributed by atoms with Crippen molar-refractivity contribution in [1.29, 1.82) is 0 Å². The van der Waals surface area contributed by atoms with Gasteiger partial charge in [0, 0.05) is 25.8 Å². The molecule has 0 spiro atoms. The average Bonchev–Trinajstić information content (AvgIpc) is 3.29. The van der Waals surface area contributed by atoms with Crippen LogP contribution in [0.5, 0.6) is 0 Å². The number of nitro groups is 1. The van der Waals surface area contributed by atoms with Crippen molar-refractivity contribution < 1.29 is 24.0 Å². The van der Waals surface area contributed by atoms with Gasteiger partial charge in [0.1, 0.15) is 5.69 Å². The second kappa shape index (κ2) is 10.4. The van der Waals surface area contributed by atoms with Crippen LogP contribution in [0.1, 0.15) is 28.8 Å². The van der Waals surface area contributed by atoms with E-state index in [0.29, 0.717) is 19.7 Å². The summed E-state index contributed by atoms with van der Waals surface area (Å²) in [5, 5.41) is 17.1. The molecular formula is C21H23N3O6. The van der Waals surface area contributed by atoms with Crippen LogP contribution in [-0.4, -0.2) is 42.7 Å². The molecule has 1 heterocycles. The van der Waals surface area contributed by atoms with E-state index in [1.165, 1.54) is 12.1 Å². The normalized spacial score (nSPS) is 15.4. The molecule has 2 aromatic rings. The number of carbonyl (C=O) groups excluding carboxylic acids is 2. The summed E-state index contributed by atoms with van der Waals surface area (Å²) in [6.07, 6.45) is 1.84. The lowest BCUT2D eigenvalue weighted by Crippen LogP contribution is -2.34. The molecule has 9 nitrogen and oxygen atoms in total. The van der Waals surface area contributed by atoms with Crippen LogP contribution in [0.2, 0.25) is 0 Å². The first kappa shape index (κ1) is 21.3. The molecule has 1 aliphatic heterocycles. The maximum atomic E-state index is 12.2. The molecule has 1 fully saturated rings. The molecule has 2 aromatic carbocycles. The summed E-state index contributed by atoms with van der Waals surface area (Å²) < 4.78 is 10.4. The van der Waals surface area contributed by atoms with Gasteiger partial charge in [-0.15, -0.1) is 0 Å². The number of carbonyl (C=O) groups is 2. The molecule has 0 aliphatic carbocycles. The lowest BCUT2D eigenvalue weighted by atomic mass is 10.1. The second-order valence-corrected chi connectivity index (χ2v) is 6.84. The van der Waals surface area contributed by atoms with Crippen molar-refractivity contribution in [2.24, 2.45) is 0 Å². The third kappa shape index (κ3) is 6.02. The van der Waals surface area contributed by atoms with E-state index in [1.807, 2.05) is 30.3 Å². The number of esters is 1. The number of nitrogens with one attached hydrogen (secondary N) is 2. The minimum atomic E-state index is -0.806. The summed E-state index contributed by atoms with van der Waals surface area (Å²) >= 11 is 0. The van der Waals surface area contributed by atoms with Crippen molar-refractivity contribution in [3.63, 3.8) is 0 Å². The Bertz CT molecular complexity index is 897. The van der Waals surface area contributed by atoms with Gasteiger partial charge in [0.25, 0.3) is 11.6 Å². The first-order valence-electron chi connectivity index (χ1n) is 9.64. The summed E-state index contributed by atoms with van der Waals surface area (Å²) in [5.74, 6) is -1.26. The highest BCUT2D eigenvalue weighted by molar-refractivity contribution is 5.93. The summed E-state index contributed by atoms with van der Waals surface area (Å²) in [4.78, 5) is 34.9. The Hall–Kier alpha value is -3.46. The molecule has 0 aromatic heterocycles. The number of rotatable bonds is 9. The van der Waals surface area contributed by atoms with Crippen LogP contribution in [0, 0.1) is 10.1 Å². The van der Waals surface area contributed by atoms with E-state index < -0.39 is 23.4 Å². The van der Waals surface area contributed by atoms with Gasteiger partial charge in [-0.3, -0.25) is 14.9 Å². The average molecular weight is 413 g/mol. The van der Waals surface area contributed by atoms with Crippen molar-refractivity contribution in [2.45, 2.75) is 25.5 Å². The smallest absolute Gasteiger partial charge is 0.338 e. The Labute approximate surface area is 173 Å². The molecule has 1 atom stereocenters. The first-order chi connectivity index (χ1) is 14.5. The van der Waals surface area contributed by atoms with Crippen LogP contribution in [0.15, 0.2) is 48.5 Å². The molecular weight excluding hydrogens is 390 g/mol. The minimum absolute atomic E-state index is 0.00103.